The monoisotopic (exact) mass is 375 g/mol. The van der Waals surface area contributed by atoms with Gasteiger partial charge in [0, 0.05) is 18.0 Å². The normalized spacial score (nSPS) is 15.4. The molecule has 4 rings (SSSR count). The third-order valence-corrected chi connectivity index (χ3v) is 4.63. The molecule has 0 saturated heterocycles. The lowest BCUT2D eigenvalue weighted by Crippen LogP contribution is -2.21. The Hall–Kier alpha value is -3.99. The molecule has 8 heteroatoms. The van der Waals surface area contributed by atoms with Crippen molar-refractivity contribution in [2.75, 3.05) is 14.2 Å². The average molecular weight is 375 g/mol. The number of methoxy groups -OCH3 is 2. The second-order valence-electron chi connectivity index (χ2n) is 6.09. The molecule has 0 amide bonds. The summed E-state index contributed by atoms with van der Waals surface area (Å²) in [6.45, 7) is 0. The van der Waals surface area contributed by atoms with Gasteiger partial charge in [0.15, 0.2) is 0 Å². The highest BCUT2D eigenvalue weighted by molar-refractivity contribution is 5.76. The zero-order chi connectivity index (χ0) is 19.7. The van der Waals surface area contributed by atoms with Gasteiger partial charge < -0.3 is 19.9 Å². The molecule has 1 atom stereocenters. The Morgan fingerprint density at radius 1 is 1.25 bits per heavy atom. The highest BCUT2D eigenvalue weighted by Gasteiger charge is 2.36. The Balaban J connectivity index is 1.98. The largest absolute Gasteiger partial charge is 0.497 e. The number of fused-ring (bicyclic) bond motifs is 1. The molecule has 0 spiro atoms. The van der Waals surface area contributed by atoms with Crippen LogP contribution in [0.15, 0.2) is 54.2 Å². The quantitative estimate of drug-likeness (QED) is 0.719. The number of allylic oxidation sites excluding steroid dienone is 1. The Morgan fingerprint density at radius 3 is 2.79 bits per heavy atom. The van der Waals surface area contributed by atoms with E-state index in [4.69, 9.17) is 19.9 Å². The molecule has 3 heterocycles. The van der Waals surface area contributed by atoms with Crippen molar-refractivity contribution in [1.29, 1.82) is 5.26 Å². The number of hydrogen-bond donors (Lipinski definition) is 2. The molecular formula is C20H17N5O3. The van der Waals surface area contributed by atoms with E-state index in [2.05, 4.69) is 21.3 Å². The van der Waals surface area contributed by atoms with Crippen LogP contribution in [0.5, 0.6) is 17.4 Å². The lowest BCUT2D eigenvalue weighted by Gasteiger charge is -2.24. The first-order valence-electron chi connectivity index (χ1n) is 8.46. The summed E-state index contributed by atoms with van der Waals surface area (Å²) in [7, 11) is 3.18. The zero-order valence-corrected chi connectivity index (χ0v) is 15.3. The van der Waals surface area contributed by atoms with E-state index in [9.17, 15) is 5.26 Å². The molecule has 0 unspecified atom stereocenters. The minimum atomic E-state index is -0.480. The molecule has 0 bridgehead atoms. The summed E-state index contributed by atoms with van der Waals surface area (Å²) >= 11 is 0. The van der Waals surface area contributed by atoms with Crippen molar-refractivity contribution in [3.05, 3.63) is 65.3 Å². The van der Waals surface area contributed by atoms with Gasteiger partial charge in [0.2, 0.25) is 11.8 Å². The second-order valence-corrected chi connectivity index (χ2v) is 6.09. The number of nitrogens with one attached hydrogen (secondary N) is 1. The fourth-order valence-corrected chi connectivity index (χ4v) is 3.34. The summed E-state index contributed by atoms with van der Waals surface area (Å²) in [6.07, 6.45) is 3.37. The highest BCUT2D eigenvalue weighted by atomic mass is 16.5. The zero-order valence-electron chi connectivity index (χ0n) is 15.3. The van der Waals surface area contributed by atoms with Crippen molar-refractivity contribution in [1.82, 2.24) is 15.2 Å². The lowest BCUT2D eigenvalue weighted by molar-refractivity contribution is 0.379. The molecular weight excluding hydrogens is 358 g/mol. The molecule has 140 valence electrons. The molecule has 1 aliphatic heterocycles. The van der Waals surface area contributed by atoms with Crippen LogP contribution in [0.3, 0.4) is 0 Å². The number of aromatic nitrogens is 3. The summed E-state index contributed by atoms with van der Waals surface area (Å²) in [6, 6.07) is 11.3. The van der Waals surface area contributed by atoms with Gasteiger partial charge in [-0.3, -0.25) is 10.1 Å². The van der Waals surface area contributed by atoms with E-state index < -0.39 is 5.92 Å². The van der Waals surface area contributed by atoms with Gasteiger partial charge in [0.05, 0.1) is 31.4 Å². The van der Waals surface area contributed by atoms with E-state index in [-0.39, 0.29) is 5.88 Å². The van der Waals surface area contributed by atoms with Crippen molar-refractivity contribution in [2.24, 2.45) is 5.73 Å². The van der Waals surface area contributed by atoms with Crippen molar-refractivity contribution in [3.8, 4) is 34.7 Å². The number of pyridine rings is 1. The van der Waals surface area contributed by atoms with Crippen molar-refractivity contribution < 1.29 is 14.2 Å². The van der Waals surface area contributed by atoms with Crippen LogP contribution in [0, 0.1) is 11.3 Å². The first-order valence-corrected chi connectivity index (χ1v) is 8.46. The number of H-pyrrole nitrogens is 1. The molecule has 0 aliphatic carbocycles. The van der Waals surface area contributed by atoms with Crippen LogP contribution in [0.2, 0.25) is 0 Å². The number of nitrogens with zero attached hydrogens (tertiary/aromatic N) is 3. The Bertz CT molecular complexity index is 1100. The predicted molar refractivity (Wildman–Crippen MR) is 101 cm³/mol. The van der Waals surface area contributed by atoms with Gasteiger partial charge in [-0.15, -0.1) is 5.10 Å². The summed E-state index contributed by atoms with van der Waals surface area (Å²) in [5, 5.41) is 17.0. The third-order valence-electron chi connectivity index (χ3n) is 4.63. The minimum absolute atomic E-state index is 0.0273. The van der Waals surface area contributed by atoms with Gasteiger partial charge in [0.25, 0.3) is 0 Å². The number of hydrogen-bond acceptors (Lipinski definition) is 7. The molecule has 2 aromatic heterocycles. The molecule has 3 N–H and O–H groups in total. The van der Waals surface area contributed by atoms with E-state index in [1.165, 1.54) is 0 Å². The van der Waals surface area contributed by atoms with Crippen LogP contribution in [0.4, 0.5) is 0 Å². The fourth-order valence-electron chi connectivity index (χ4n) is 3.34. The van der Waals surface area contributed by atoms with Gasteiger partial charge in [-0.25, -0.2) is 0 Å². The maximum absolute atomic E-state index is 9.74. The first-order chi connectivity index (χ1) is 13.7. The van der Waals surface area contributed by atoms with Gasteiger partial charge in [0.1, 0.15) is 23.1 Å². The standard InChI is InChI=1S/C20H17N5O3/c1-26-12-5-6-15(27-2)13(8-12)18-17-16(11-4-3-7-23-10-11)14(9-21)19(22)28-20(17)25-24-18/h3-8,10,16H,22H2,1-2H3,(H,24,25)/t16-/m0/s1. The maximum Gasteiger partial charge on any atom is 0.244 e. The fraction of sp³-hybridized carbons (Fsp3) is 0.150. The SMILES string of the molecule is COc1ccc(OC)c(-c2[nH]nc3c2[C@@H](c2cccnc2)C(C#N)=C(N)O3)c1. The number of aromatic amines is 1. The Kier molecular flexibility index (Phi) is 4.33. The molecule has 0 fully saturated rings. The van der Waals surface area contributed by atoms with Crippen LogP contribution in [0.1, 0.15) is 17.0 Å². The molecule has 1 aromatic carbocycles. The first kappa shape index (κ1) is 17.4. The van der Waals surface area contributed by atoms with Crippen LogP contribution in [0.25, 0.3) is 11.3 Å². The van der Waals surface area contributed by atoms with Crippen molar-refractivity contribution in [3.63, 3.8) is 0 Å². The van der Waals surface area contributed by atoms with Crippen LogP contribution in [-0.2, 0) is 0 Å². The van der Waals surface area contributed by atoms with E-state index in [0.717, 1.165) is 11.1 Å². The molecule has 1 aliphatic rings. The number of nitriles is 1. The molecule has 8 nitrogen and oxygen atoms in total. The molecule has 3 aromatic rings. The topological polar surface area (TPSA) is 119 Å². The van der Waals surface area contributed by atoms with Crippen molar-refractivity contribution >= 4 is 0 Å². The van der Waals surface area contributed by atoms with Gasteiger partial charge in [-0.2, -0.15) is 5.26 Å². The van der Waals surface area contributed by atoms with E-state index in [0.29, 0.717) is 34.2 Å². The second kappa shape index (κ2) is 6.96. The van der Waals surface area contributed by atoms with Crippen LogP contribution < -0.4 is 19.9 Å². The number of rotatable bonds is 4. The van der Waals surface area contributed by atoms with Gasteiger partial charge >= 0.3 is 0 Å². The molecule has 0 saturated carbocycles. The van der Waals surface area contributed by atoms with Gasteiger partial charge in [-0.1, -0.05) is 6.07 Å². The summed E-state index contributed by atoms with van der Waals surface area (Å²) < 4.78 is 16.5. The number of ether oxygens (including phenoxy) is 3. The maximum atomic E-state index is 9.74. The molecule has 28 heavy (non-hydrogen) atoms. The predicted octanol–water partition coefficient (Wildman–Crippen LogP) is 2.71. The minimum Gasteiger partial charge on any atom is -0.497 e. The lowest BCUT2D eigenvalue weighted by atomic mass is 9.83. The Labute approximate surface area is 161 Å². The smallest absolute Gasteiger partial charge is 0.244 e. The van der Waals surface area contributed by atoms with Gasteiger partial charge in [-0.05, 0) is 29.8 Å². The summed E-state index contributed by atoms with van der Waals surface area (Å²) in [5.41, 5.74) is 9.16. The third kappa shape index (κ3) is 2.70. The van der Waals surface area contributed by atoms with Crippen LogP contribution >= 0.6 is 0 Å². The van der Waals surface area contributed by atoms with E-state index in [1.807, 2.05) is 18.2 Å². The van der Waals surface area contributed by atoms with E-state index in [1.54, 1.807) is 38.7 Å². The van der Waals surface area contributed by atoms with Crippen LogP contribution in [-0.4, -0.2) is 29.4 Å². The number of benzene rings is 1. The summed E-state index contributed by atoms with van der Waals surface area (Å²) in [5.74, 6) is 1.14. The molecule has 0 radical (unpaired) electrons. The van der Waals surface area contributed by atoms with E-state index >= 15 is 0 Å². The Morgan fingerprint density at radius 2 is 2.11 bits per heavy atom. The van der Waals surface area contributed by atoms with Crippen molar-refractivity contribution in [2.45, 2.75) is 5.92 Å². The average Bonchev–Trinajstić information content (AvgIpc) is 3.15. The highest BCUT2D eigenvalue weighted by Crippen LogP contribution is 2.47. The number of nitrogens with two attached hydrogens (primary N) is 1. The summed E-state index contributed by atoms with van der Waals surface area (Å²) in [4.78, 5) is 4.19.